The second-order valence-corrected chi connectivity index (χ2v) is 6.73. The van der Waals surface area contributed by atoms with Crippen molar-refractivity contribution in [3.8, 4) is 17.7 Å². The summed E-state index contributed by atoms with van der Waals surface area (Å²) in [6.45, 7) is 1.37. The molecule has 3 rings (SSSR count). The van der Waals surface area contributed by atoms with Gasteiger partial charge >= 0.3 is 0 Å². The smallest absolute Gasteiger partial charge is 0.271 e. The number of carbonyl (C=O) groups excluding carboxylic acids is 1. The van der Waals surface area contributed by atoms with Crippen LogP contribution in [-0.2, 0) is 6.54 Å². The zero-order valence-electron chi connectivity index (χ0n) is 15.8. The quantitative estimate of drug-likeness (QED) is 0.650. The molecule has 0 bridgehead atoms. The molecule has 0 fully saturated rings. The third-order valence-electron chi connectivity index (χ3n) is 4.67. The van der Waals surface area contributed by atoms with Gasteiger partial charge in [-0.3, -0.25) is 14.2 Å². The van der Waals surface area contributed by atoms with Crippen molar-refractivity contribution in [1.29, 1.82) is 5.26 Å². The number of aromatic nitrogens is 1. The zero-order chi connectivity index (χ0) is 21.1. The van der Waals surface area contributed by atoms with Crippen LogP contribution in [0.15, 0.2) is 53.3 Å². The van der Waals surface area contributed by atoms with Crippen LogP contribution in [0.2, 0.25) is 5.02 Å². The van der Waals surface area contributed by atoms with Crippen molar-refractivity contribution in [2.24, 2.45) is 0 Å². The highest BCUT2D eigenvalue weighted by Crippen LogP contribution is 2.29. The predicted molar refractivity (Wildman–Crippen MR) is 109 cm³/mol. The number of nitriles is 1. The lowest BCUT2D eigenvalue weighted by Crippen LogP contribution is -2.27. The summed E-state index contributed by atoms with van der Waals surface area (Å²) < 4.78 is 6.22. The monoisotopic (exact) mass is 408 g/mol. The molecule has 1 N–H and O–H groups in total. The van der Waals surface area contributed by atoms with Gasteiger partial charge < -0.3 is 9.84 Å². The molecule has 2 aromatic carbocycles. The first-order valence-electron chi connectivity index (χ1n) is 8.68. The summed E-state index contributed by atoms with van der Waals surface area (Å²) in [4.78, 5) is 26.0. The molecule has 0 aliphatic rings. The number of methoxy groups -OCH3 is 1. The molecule has 0 aliphatic heterocycles. The fraction of sp³-hybridized carbons (Fsp3) is 0.136. The molecule has 29 heavy (non-hydrogen) atoms. The minimum Gasteiger partial charge on any atom is -0.496 e. The molecule has 146 valence electrons. The molecule has 3 aromatic rings. The Bertz CT molecular complexity index is 1210. The van der Waals surface area contributed by atoms with Crippen LogP contribution < -0.4 is 10.3 Å². The number of benzene rings is 2. The van der Waals surface area contributed by atoms with E-state index in [1.165, 1.54) is 14.0 Å². The van der Waals surface area contributed by atoms with Crippen molar-refractivity contribution < 1.29 is 14.6 Å². The molecule has 6 nitrogen and oxygen atoms in total. The van der Waals surface area contributed by atoms with Gasteiger partial charge in [0.15, 0.2) is 0 Å². The van der Waals surface area contributed by atoms with Crippen molar-refractivity contribution in [1.82, 2.24) is 4.57 Å². The van der Waals surface area contributed by atoms with Gasteiger partial charge in [-0.1, -0.05) is 41.9 Å². The van der Waals surface area contributed by atoms with Gasteiger partial charge in [0.05, 0.1) is 24.8 Å². The Balaban J connectivity index is 2.26. The predicted octanol–water partition coefficient (Wildman–Crippen LogP) is 3.68. The van der Waals surface area contributed by atoms with Crippen molar-refractivity contribution >= 4 is 17.4 Å². The van der Waals surface area contributed by atoms with E-state index in [1.54, 1.807) is 48.5 Å². The second kappa shape index (κ2) is 8.21. The highest BCUT2D eigenvalue weighted by molar-refractivity contribution is 6.31. The van der Waals surface area contributed by atoms with Crippen LogP contribution in [0.3, 0.4) is 0 Å². The molecular weight excluding hydrogens is 392 g/mol. The first-order chi connectivity index (χ1) is 13.9. The van der Waals surface area contributed by atoms with E-state index in [0.717, 1.165) is 4.57 Å². The summed E-state index contributed by atoms with van der Waals surface area (Å²) >= 11 is 6.18. The standard InChI is InChI=1S/C22H17ClN2O4/c1-13-16(11-24)21(27)25(12-14-7-3-5-9-17(14)23)22(28)19(13)20(26)15-8-4-6-10-18(15)29-2/h3-10,28H,12H2,1-2H3. The SMILES string of the molecule is COc1ccccc1C(=O)c1c(C)c(C#N)c(=O)n(Cc2ccccc2Cl)c1O. The van der Waals surface area contributed by atoms with Crippen molar-refractivity contribution in [2.45, 2.75) is 13.5 Å². The molecule has 0 saturated carbocycles. The average molecular weight is 409 g/mol. The topological polar surface area (TPSA) is 92.3 Å². The van der Waals surface area contributed by atoms with Crippen LogP contribution in [0, 0.1) is 18.3 Å². The number of carbonyl (C=O) groups is 1. The van der Waals surface area contributed by atoms with Crippen molar-refractivity contribution in [3.05, 3.63) is 91.7 Å². The summed E-state index contributed by atoms with van der Waals surface area (Å²) in [7, 11) is 1.43. The van der Waals surface area contributed by atoms with Gasteiger partial charge in [0.25, 0.3) is 5.56 Å². The van der Waals surface area contributed by atoms with Crippen LogP contribution in [0.5, 0.6) is 11.6 Å². The summed E-state index contributed by atoms with van der Waals surface area (Å²) in [6, 6.07) is 15.2. The molecule has 0 aliphatic carbocycles. The van der Waals surface area contributed by atoms with E-state index in [4.69, 9.17) is 16.3 Å². The van der Waals surface area contributed by atoms with Gasteiger partial charge in [0, 0.05) is 5.02 Å². The maximum Gasteiger partial charge on any atom is 0.271 e. The number of rotatable bonds is 5. The number of ketones is 1. The number of para-hydroxylation sites is 1. The molecule has 0 amide bonds. The maximum absolute atomic E-state index is 13.2. The molecule has 0 spiro atoms. The fourth-order valence-electron chi connectivity index (χ4n) is 3.13. The normalized spacial score (nSPS) is 10.4. The highest BCUT2D eigenvalue weighted by Gasteiger charge is 2.26. The molecule has 0 radical (unpaired) electrons. The van der Waals surface area contributed by atoms with Gasteiger partial charge in [-0.25, -0.2) is 0 Å². The van der Waals surface area contributed by atoms with E-state index in [-0.39, 0.29) is 28.8 Å². The third-order valence-corrected chi connectivity index (χ3v) is 5.03. The Labute approximate surface area is 172 Å². The molecule has 0 unspecified atom stereocenters. The van der Waals surface area contributed by atoms with Gasteiger partial charge in [-0.15, -0.1) is 0 Å². The number of ether oxygens (including phenoxy) is 1. The molecule has 1 heterocycles. The summed E-state index contributed by atoms with van der Waals surface area (Å²) in [5.41, 5.74) is -0.152. The third kappa shape index (κ3) is 3.60. The first-order valence-corrected chi connectivity index (χ1v) is 9.06. The van der Waals surface area contributed by atoms with E-state index in [2.05, 4.69) is 0 Å². The Kier molecular flexibility index (Phi) is 5.71. The number of hydrogen-bond donors (Lipinski definition) is 1. The summed E-state index contributed by atoms with van der Waals surface area (Å²) in [5.74, 6) is -0.761. The van der Waals surface area contributed by atoms with Crippen molar-refractivity contribution in [2.75, 3.05) is 7.11 Å². The van der Waals surface area contributed by atoms with Crippen LogP contribution in [-0.4, -0.2) is 22.6 Å². The van der Waals surface area contributed by atoms with E-state index in [0.29, 0.717) is 16.3 Å². The van der Waals surface area contributed by atoms with Crippen LogP contribution in [0.4, 0.5) is 0 Å². The summed E-state index contributed by atoms with van der Waals surface area (Å²) in [6.07, 6.45) is 0. The largest absolute Gasteiger partial charge is 0.496 e. The number of aromatic hydroxyl groups is 1. The fourth-order valence-corrected chi connectivity index (χ4v) is 3.33. The van der Waals surface area contributed by atoms with E-state index < -0.39 is 17.2 Å². The molecular formula is C22H17ClN2O4. The Morgan fingerprint density at radius 2 is 1.86 bits per heavy atom. The number of nitrogens with zero attached hydrogens (tertiary/aromatic N) is 2. The lowest BCUT2D eigenvalue weighted by atomic mass is 9.96. The minimum atomic E-state index is -0.695. The second-order valence-electron chi connectivity index (χ2n) is 6.32. The van der Waals surface area contributed by atoms with E-state index >= 15 is 0 Å². The number of hydrogen-bond acceptors (Lipinski definition) is 5. The molecule has 0 atom stereocenters. The lowest BCUT2D eigenvalue weighted by Gasteiger charge is -2.17. The average Bonchev–Trinajstić information content (AvgIpc) is 2.72. The molecule has 7 heteroatoms. The number of pyridine rings is 1. The highest BCUT2D eigenvalue weighted by atomic mass is 35.5. The van der Waals surface area contributed by atoms with Gasteiger partial charge in [-0.2, -0.15) is 5.26 Å². The van der Waals surface area contributed by atoms with Gasteiger partial charge in [0.2, 0.25) is 11.7 Å². The first kappa shape index (κ1) is 20.2. The maximum atomic E-state index is 13.2. The number of halogens is 1. The van der Waals surface area contributed by atoms with Gasteiger partial charge in [-0.05, 0) is 36.2 Å². The zero-order valence-corrected chi connectivity index (χ0v) is 16.5. The minimum absolute atomic E-state index is 0.0918. The van der Waals surface area contributed by atoms with Gasteiger partial charge in [0.1, 0.15) is 17.4 Å². The van der Waals surface area contributed by atoms with E-state index in [1.807, 2.05) is 6.07 Å². The Hall–Kier alpha value is -3.56. The van der Waals surface area contributed by atoms with Crippen molar-refractivity contribution in [3.63, 3.8) is 0 Å². The van der Waals surface area contributed by atoms with Crippen LogP contribution in [0.1, 0.15) is 32.6 Å². The lowest BCUT2D eigenvalue weighted by molar-refractivity contribution is 0.103. The van der Waals surface area contributed by atoms with Crippen LogP contribution >= 0.6 is 11.6 Å². The Morgan fingerprint density at radius 1 is 1.21 bits per heavy atom. The Morgan fingerprint density at radius 3 is 2.52 bits per heavy atom. The molecule has 0 saturated heterocycles. The summed E-state index contributed by atoms with van der Waals surface area (Å²) in [5, 5.41) is 20.8. The molecule has 1 aromatic heterocycles. The van der Waals surface area contributed by atoms with E-state index in [9.17, 15) is 20.0 Å². The van der Waals surface area contributed by atoms with Crippen LogP contribution in [0.25, 0.3) is 0 Å².